The van der Waals surface area contributed by atoms with Gasteiger partial charge in [0.25, 0.3) is 0 Å². The summed E-state index contributed by atoms with van der Waals surface area (Å²) in [7, 11) is 1.32. The molecule has 0 aliphatic rings. The predicted molar refractivity (Wildman–Crippen MR) is 64.4 cm³/mol. The van der Waals surface area contributed by atoms with Gasteiger partial charge in [0.1, 0.15) is 6.04 Å². The van der Waals surface area contributed by atoms with Gasteiger partial charge in [0.2, 0.25) is 0 Å². The van der Waals surface area contributed by atoms with E-state index in [1.54, 1.807) is 13.0 Å². The minimum atomic E-state index is -0.413. The molecule has 0 radical (unpaired) electrons. The van der Waals surface area contributed by atoms with E-state index < -0.39 is 5.97 Å². The molecule has 1 N–H and O–H groups in total. The van der Waals surface area contributed by atoms with Gasteiger partial charge in [-0.15, -0.1) is 0 Å². The first-order chi connectivity index (χ1) is 8.02. The van der Waals surface area contributed by atoms with E-state index in [1.165, 1.54) is 13.2 Å². The Morgan fingerprint density at radius 3 is 2.47 bits per heavy atom. The van der Waals surface area contributed by atoms with E-state index in [4.69, 9.17) is 4.74 Å². The van der Waals surface area contributed by atoms with Crippen LogP contribution in [0.1, 0.15) is 20.8 Å². The lowest BCUT2D eigenvalue weighted by atomic mass is 10.0. The average molecular weight is 243 g/mol. The lowest BCUT2D eigenvalue weighted by Crippen LogP contribution is -2.42. The molecule has 0 fully saturated rings. The van der Waals surface area contributed by atoms with Crippen molar-refractivity contribution in [2.75, 3.05) is 20.3 Å². The van der Waals surface area contributed by atoms with Crippen LogP contribution in [0.5, 0.6) is 0 Å². The van der Waals surface area contributed by atoms with Crippen LogP contribution in [-0.2, 0) is 19.1 Å². The minimum Gasteiger partial charge on any atom is -0.466 e. The molecule has 0 spiro atoms. The fourth-order valence-electron chi connectivity index (χ4n) is 1.24. The molecule has 0 saturated heterocycles. The van der Waals surface area contributed by atoms with Crippen LogP contribution in [0.25, 0.3) is 0 Å². The molecule has 0 unspecified atom stereocenters. The van der Waals surface area contributed by atoms with Crippen molar-refractivity contribution in [2.45, 2.75) is 26.8 Å². The van der Waals surface area contributed by atoms with Crippen LogP contribution in [0.15, 0.2) is 12.2 Å². The smallest absolute Gasteiger partial charge is 0.330 e. The summed E-state index contributed by atoms with van der Waals surface area (Å²) in [6.45, 7) is 6.40. The van der Waals surface area contributed by atoms with Gasteiger partial charge in [0, 0.05) is 12.6 Å². The fraction of sp³-hybridized carbons (Fsp3) is 0.667. The zero-order valence-electron chi connectivity index (χ0n) is 10.9. The molecule has 0 aliphatic carbocycles. The van der Waals surface area contributed by atoms with Crippen LogP contribution in [0, 0.1) is 5.92 Å². The molecule has 0 heterocycles. The number of rotatable bonds is 7. The number of carbonyl (C=O) groups excluding carboxylic acids is 2. The summed E-state index contributed by atoms with van der Waals surface area (Å²) >= 11 is 0. The lowest BCUT2D eigenvalue weighted by Gasteiger charge is -2.19. The summed E-state index contributed by atoms with van der Waals surface area (Å²) in [5, 5.41) is 3.01. The summed E-state index contributed by atoms with van der Waals surface area (Å²) in [5.74, 6) is -0.557. The number of nitrogens with one attached hydrogen (secondary N) is 1. The highest BCUT2D eigenvalue weighted by Crippen LogP contribution is 2.03. The molecule has 0 saturated carbocycles. The topological polar surface area (TPSA) is 64.6 Å². The van der Waals surface area contributed by atoms with Gasteiger partial charge in [0.15, 0.2) is 0 Å². The Morgan fingerprint density at radius 1 is 1.35 bits per heavy atom. The van der Waals surface area contributed by atoms with Crippen molar-refractivity contribution in [3.05, 3.63) is 12.2 Å². The van der Waals surface area contributed by atoms with E-state index in [1.807, 2.05) is 13.8 Å². The van der Waals surface area contributed by atoms with Crippen molar-refractivity contribution in [1.29, 1.82) is 0 Å². The molecule has 0 aliphatic heterocycles. The van der Waals surface area contributed by atoms with Crippen molar-refractivity contribution < 1.29 is 19.1 Å². The molecule has 0 aromatic rings. The zero-order valence-corrected chi connectivity index (χ0v) is 10.9. The highest BCUT2D eigenvalue weighted by atomic mass is 16.5. The molecule has 0 aromatic carbocycles. The van der Waals surface area contributed by atoms with E-state index >= 15 is 0 Å². The first-order valence-corrected chi connectivity index (χ1v) is 5.67. The van der Waals surface area contributed by atoms with E-state index in [2.05, 4.69) is 10.1 Å². The monoisotopic (exact) mass is 243 g/mol. The maximum atomic E-state index is 11.6. The van der Waals surface area contributed by atoms with Gasteiger partial charge in [-0.2, -0.15) is 0 Å². The number of methoxy groups -OCH3 is 1. The number of esters is 2. The standard InChI is InChI=1S/C12H21NO4/c1-5-17-12(15)11(9(2)3)13-8-6-7-10(14)16-4/h6-7,9,11,13H,5,8H2,1-4H3/t11-/m0/s1. The average Bonchev–Trinajstić information content (AvgIpc) is 2.28. The van der Waals surface area contributed by atoms with Crippen LogP contribution in [0.4, 0.5) is 0 Å². The molecule has 1 atom stereocenters. The second kappa shape index (κ2) is 8.75. The SMILES string of the molecule is CCOC(=O)[C@@H](NCC=CC(=O)OC)C(C)C. The summed E-state index contributed by atoms with van der Waals surface area (Å²) in [4.78, 5) is 22.4. The molecule has 0 rings (SSSR count). The van der Waals surface area contributed by atoms with Crippen molar-refractivity contribution in [1.82, 2.24) is 5.32 Å². The Morgan fingerprint density at radius 2 is 2.00 bits per heavy atom. The predicted octanol–water partition coefficient (Wildman–Crippen LogP) is 0.893. The number of carbonyl (C=O) groups is 2. The van der Waals surface area contributed by atoms with Crippen molar-refractivity contribution in [3.63, 3.8) is 0 Å². The normalized spacial score (nSPS) is 12.8. The van der Waals surface area contributed by atoms with Crippen LogP contribution in [0.3, 0.4) is 0 Å². The summed E-state index contributed by atoms with van der Waals surface area (Å²) in [6, 6.07) is -0.364. The van der Waals surface area contributed by atoms with Crippen molar-refractivity contribution in [3.8, 4) is 0 Å². The van der Waals surface area contributed by atoms with Crippen molar-refractivity contribution >= 4 is 11.9 Å². The van der Waals surface area contributed by atoms with Gasteiger partial charge in [0.05, 0.1) is 13.7 Å². The van der Waals surface area contributed by atoms with E-state index in [-0.39, 0.29) is 17.9 Å². The van der Waals surface area contributed by atoms with Crippen molar-refractivity contribution in [2.24, 2.45) is 5.92 Å². The fourth-order valence-corrected chi connectivity index (χ4v) is 1.24. The summed E-state index contributed by atoms with van der Waals surface area (Å²) < 4.78 is 9.39. The third kappa shape index (κ3) is 6.73. The maximum absolute atomic E-state index is 11.6. The lowest BCUT2D eigenvalue weighted by molar-refractivity contribution is -0.146. The summed E-state index contributed by atoms with van der Waals surface area (Å²) in [5.41, 5.74) is 0. The molecule has 17 heavy (non-hydrogen) atoms. The van der Waals surface area contributed by atoms with Crippen LogP contribution < -0.4 is 5.32 Å². The number of hydrogen-bond acceptors (Lipinski definition) is 5. The molecular formula is C12H21NO4. The van der Waals surface area contributed by atoms with Crippen LogP contribution in [-0.4, -0.2) is 38.2 Å². The van der Waals surface area contributed by atoms with Gasteiger partial charge in [-0.1, -0.05) is 19.9 Å². The van der Waals surface area contributed by atoms with E-state index in [0.29, 0.717) is 13.2 Å². The Bertz CT molecular complexity index is 274. The minimum absolute atomic E-state index is 0.126. The molecule has 0 amide bonds. The zero-order chi connectivity index (χ0) is 13.3. The van der Waals surface area contributed by atoms with Crippen LogP contribution >= 0.6 is 0 Å². The number of ether oxygens (including phenoxy) is 2. The highest BCUT2D eigenvalue weighted by Gasteiger charge is 2.21. The molecule has 0 bridgehead atoms. The Kier molecular flexibility index (Phi) is 8.05. The Labute approximate surface area is 102 Å². The highest BCUT2D eigenvalue weighted by molar-refractivity contribution is 5.81. The largest absolute Gasteiger partial charge is 0.466 e. The van der Waals surface area contributed by atoms with Gasteiger partial charge in [-0.3, -0.25) is 4.79 Å². The molecule has 5 heteroatoms. The number of hydrogen-bond donors (Lipinski definition) is 1. The maximum Gasteiger partial charge on any atom is 0.330 e. The Hall–Kier alpha value is -1.36. The van der Waals surface area contributed by atoms with Gasteiger partial charge in [-0.25, -0.2) is 4.79 Å². The van der Waals surface area contributed by atoms with Gasteiger partial charge >= 0.3 is 11.9 Å². The second-order valence-corrected chi connectivity index (χ2v) is 3.81. The third-order valence-corrected chi connectivity index (χ3v) is 2.12. The Balaban J connectivity index is 4.14. The quantitative estimate of drug-likeness (QED) is 0.531. The molecule has 5 nitrogen and oxygen atoms in total. The van der Waals surface area contributed by atoms with Gasteiger partial charge < -0.3 is 14.8 Å². The summed E-state index contributed by atoms with van der Waals surface area (Å²) in [6.07, 6.45) is 2.93. The first kappa shape index (κ1) is 15.6. The third-order valence-electron chi connectivity index (χ3n) is 2.12. The molecular weight excluding hydrogens is 222 g/mol. The first-order valence-electron chi connectivity index (χ1n) is 5.67. The van der Waals surface area contributed by atoms with E-state index in [9.17, 15) is 9.59 Å². The molecule has 98 valence electrons. The molecule has 0 aromatic heterocycles. The van der Waals surface area contributed by atoms with E-state index in [0.717, 1.165) is 0 Å². The van der Waals surface area contributed by atoms with Gasteiger partial charge in [-0.05, 0) is 12.8 Å². The second-order valence-electron chi connectivity index (χ2n) is 3.81. The van der Waals surface area contributed by atoms with Crippen LogP contribution in [0.2, 0.25) is 0 Å².